The summed E-state index contributed by atoms with van der Waals surface area (Å²) in [6, 6.07) is 3.62. The van der Waals surface area contributed by atoms with Gasteiger partial charge in [0.1, 0.15) is 0 Å². The molecule has 0 saturated carbocycles. The highest BCUT2D eigenvalue weighted by atomic mass is 16.4. The van der Waals surface area contributed by atoms with Gasteiger partial charge >= 0.3 is 5.97 Å². The number of hydrogen-bond donors (Lipinski definition) is 1. The maximum Gasteiger partial charge on any atom is 0.306 e. The van der Waals surface area contributed by atoms with Crippen LogP contribution in [0.1, 0.15) is 23.4 Å². The third-order valence-electron chi connectivity index (χ3n) is 3.57. The fourth-order valence-electron chi connectivity index (χ4n) is 2.51. The molecule has 0 aromatic carbocycles. The van der Waals surface area contributed by atoms with Gasteiger partial charge in [-0.2, -0.15) is 0 Å². The molecule has 0 fully saturated rings. The Labute approximate surface area is 110 Å². The maximum atomic E-state index is 11.1. The number of furan rings is 1. The van der Waals surface area contributed by atoms with E-state index in [0.717, 1.165) is 17.0 Å². The van der Waals surface area contributed by atoms with Gasteiger partial charge in [0, 0.05) is 11.4 Å². The molecule has 0 radical (unpaired) electrons. The summed E-state index contributed by atoms with van der Waals surface area (Å²) in [6.07, 6.45) is 3.43. The lowest BCUT2D eigenvalue weighted by Gasteiger charge is -2.22. The molecular weight excluding hydrogens is 244 g/mol. The van der Waals surface area contributed by atoms with E-state index in [1.807, 2.05) is 13.0 Å². The van der Waals surface area contributed by atoms with Gasteiger partial charge in [0.15, 0.2) is 11.6 Å². The van der Waals surface area contributed by atoms with Gasteiger partial charge in [-0.25, -0.2) is 9.97 Å². The van der Waals surface area contributed by atoms with E-state index < -0.39 is 5.97 Å². The second-order valence-electron chi connectivity index (χ2n) is 4.81. The number of carbonyl (C=O) groups is 1. The summed E-state index contributed by atoms with van der Waals surface area (Å²) < 4.78 is 5.31. The Balaban J connectivity index is 2.00. The van der Waals surface area contributed by atoms with Gasteiger partial charge in [-0.3, -0.25) is 4.79 Å². The highest BCUT2D eigenvalue weighted by molar-refractivity contribution is 5.71. The second kappa shape index (κ2) is 4.50. The van der Waals surface area contributed by atoms with E-state index in [1.165, 1.54) is 0 Å². The first-order valence-electron chi connectivity index (χ1n) is 6.28. The van der Waals surface area contributed by atoms with Crippen LogP contribution in [0.4, 0.5) is 0 Å². The van der Waals surface area contributed by atoms with Gasteiger partial charge in [0.2, 0.25) is 0 Å². The van der Waals surface area contributed by atoms with Crippen LogP contribution in [-0.4, -0.2) is 21.0 Å². The third kappa shape index (κ3) is 2.12. The summed E-state index contributed by atoms with van der Waals surface area (Å²) in [7, 11) is 0. The Kier molecular flexibility index (Phi) is 2.81. The van der Waals surface area contributed by atoms with Crippen molar-refractivity contribution in [1.29, 1.82) is 0 Å². The summed E-state index contributed by atoms with van der Waals surface area (Å²) >= 11 is 0. The lowest BCUT2D eigenvalue weighted by atomic mass is 9.86. The minimum absolute atomic E-state index is 0.315. The number of carboxylic acids is 1. The highest BCUT2D eigenvalue weighted by Crippen LogP contribution is 2.28. The predicted octanol–water partition coefficient (Wildman–Crippen LogP) is 2.23. The van der Waals surface area contributed by atoms with Crippen LogP contribution < -0.4 is 0 Å². The number of hydrogen-bond acceptors (Lipinski definition) is 4. The Morgan fingerprint density at radius 2 is 2.32 bits per heavy atom. The zero-order valence-electron chi connectivity index (χ0n) is 10.6. The topological polar surface area (TPSA) is 76.2 Å². The molecule has 2 aromatic heterocycles. The van der Waals surface area contributed by atoms with Crippen molar-refractivity contribution in [3.8, 4) is 11.6 Å². The van der Waals surface area contributed by atoms with Crippen LogP contribution >= 0.6 is 0 Å². The fourth-order valence-corrected chi connectivity index (χ4v) is 2.51. The van der Waals surface area contributed by atoms with Crippen molar-refractivity contribution >= 4 is 5.97 Å². The monoisotopic (exact) mass is 258 g/mol. The summed E-state index contributed by atoms with van der Waals surface area (Å²) in [5, 5.41) is 9.10. The number of aryl methyl sites for hydroxylation is 2. The Hall–Kier alpha value is -2.17. The van der Waals surface area contributed by atoms with Crippen LogP contribution in [0.15, 0.2) is 22.8 Å². The number of aromatic nitrogens is 2. The third-order valence-corrected chi connectivity index (χ3v) is 3.57. The van der Waals surface area contributed by atoms with E-state index in [0.29, 0.717) is 30.8 Å². The van der Waals surface area contributed by atoms with Gasteiger partial charge in [-0.1, -0.05) is 0 Å². The molecule has 0 aliphatic heterocycles. The number of nitrogens with zero attached hydrogens (tertiary/aromatic N) is 2. The van der Waals surface area contributed by atoms with Crippen molar-refractivity contribution in [2.24, 2.45) is 5.92 Å². The van der Waals surface area contributed by atoms with E-state index in [1.54, 1.807) is 12.3 Å². The lowest BCUT2D eigenvalue weighted by Crippen LogP contribution is -2.24. The average Bonchev–Trinajstić information content (AvgIpc) is 2.92. The molecule has 1 atom stereocenters. The molecule has 0 bridgehead atoms. The molecule has 1 aliphatic rings. The average molecular weight is 258 g/mol. The minimum Gasteiger partial charge on any atom is -0.481 e. The molecule has 0 spiro atoms. The lowest BCUT2D eigenvalue weighted by molar-refractivity contribution is -0.142. The van der Waals surface area contributed by atoms with Gasteiger partial charge in [-0.15, -0.1) is 0 Å². The number of carboxylic acid groups (broad SMARTS) is 1. The molecule has 5 heteroatoms. The molecule has 3 rings (SSSR count). The van der Waals surface area contributed by atoms with Crippen molar-refractivity contribution < 1.29 is 14.3 Å². The summed E-state index contributed by atoms with van der Waals surface area (Å²) in [6.45, 7) is 1.90. The normalized spacial score (nSPS) is 18.1. The number of rotatable bonds is 2. The smallest absolute Gasteiger partial charge is 0.306 e. The Morgan fingerprint density at radius 1 is 1.47 bits per heavy atom. The van der Waals surface area contributed by atoms with E-state index >= 15 is 0 Å². The summed E-state index contributed by atoms with van der Waals surface area (Å²) in [5.74, 6) is 0.172. The molecule has 0 saturated heterocycles. The first-order valence-corrected chi connectivity index (χ1v) is 6.28. The number of fused-ring (bicyclic) bond motifs is 1. The standard InChI is InChI=1S/C14H14N2O3/c1-8-10-7-9(14(17)18)4-5-11(10)16-13(15-8)12-3-2-6-19-12/h2-3,6,9H,4-5,7H2,1H3,(H,17,18). The predicted molar refractivity (Wildman–Crippen MR) is 67.6 cm³/mol. The fraction of sp³-hybridized carbons (Fsp3) is 0.357. The second-order valence-corrected chi connectivity index (χ2v) is 4.81. The zero-order chi connectivity index (χ0) is 13.4. The molecule has 1 aliphatic carbocycles. The SMILES string of the molecule is Cc1nc(-c2ccco2)nc2c1CC(C(=O)O)CC2. The van der Waals surface area contributed by atoms with Gasteiger partial charge < -0.3 is 9.52 Å². The molecule has 5 nitrogen and oxygen atoms in total. The molecule has 0 amide bonds. The first kappa shape index (κ1) is 11.9. The van der Waals surface area contributed by atoms with Crippen molar-refractivity contribution in [3.63, 3.8) is 0 Å². The molecule has 1 N–H and O–H groups in total. The van der Waals surface area contributed by atoms with Crippen molar-refractivity contribution in [3.05, 3.63) is 35.3 Å². The van der Waals surface area contributed by atoms with Crippen molar-refractivity contribution in [2.45, 2.75) is 26.2 Å². The molecule has 2 heterocycles. The van der Waals surface area contributed by atoms with Crippen LogP contribution in [0.25, 0.3) is 11.6 Å². The molecule has 98 valence electrons. The van der Waals surface area contributed by atoms with E-state index in [-0.39, 0.29) is 5.92 Å². The van der Waals surface area contributed by atoms with Gasteiger partial charge in [0.25, 0.3) is 0 Å². The van der Waals surface area contributed by atoms with Crippen LogP contribution in [0, 0.1) is 12.8 Å². The maximum absolute atomic E-state index is 11.1. The van der Waals surface area contributed by atoms with Crippen LogP contribution in [-0.2, 0) is 17.6 Å². The van der Waals surface area contributed by atoms with Crippen molar-refractivity contribution in [1.82, 2.24) is 9.97 Å². The molecule has 2 aromatic rings. The largest absolute Gasteiger partial charge is 0.481 e. The molecular formula is C14H14N2O3. The van der Waals surface area contributed by atoms with Crippen LogP contribution in [0.5, 0.6) is 0 Å². The molecule has 1 unspecified atom stereocenters. The number of aliphatic carboxylic acids is 1. The van der Waals surface area contributed by atoms with Crippen LogP contribution in [0.3, 0.4) is 0 Å². The van der Waals surface area contributed by atoms with E-state index in [9.17, 15) is 4.79 Å². The summed E-state index contributed by atoms with van der Waals surface area (Å²) in [5.41, 5.74) is 2.78. The Morgan fingerprint density at radius 3 is 3.00 bits per heavy atom. The van der Waals surface area contributed by atoms with Gasteiger partial charge in [0.05, 0.1) is 12.2 Å². The van der Waals surface area contributed by atoms with Crippen molar-refractivity contribution in [2.75, 3.05) is 0 Å². The minimum atomic E-state index is -0.736. The van der Waals surface area contributed by atoms with E-state index in [2.05, 4.69) is 9.97 Å². The Bertz CT molecular complexity index is 620. The highest BCUT2D eigenvalue weighted by Gasteiger charge is 2.27. The first-order chi connectivity index (χ1) is 9.15. The summed E-state index contributed by atoms with van der Waals surface area (Å²) in [4.78, 5) is 20.0. The van der Waals surface area contributed by atoms with Crippen LogP contribution in [0.2, 0.25) is 0 Å². The van der Waals surface area contributed by atoms with E-state index in [4.69, 9.17) is 9.52 Å². The molecule has 19 heavy (non-hydrogen) atoms. The zero-order valence-corrected chi connectivity index (χ0v) is 10.6. The van der Waals surface area contributed by atoms with Gasteiger partial charge in [-0.05, 0) is 43.9 Å². The quantitative estimate of drug-likeness (QED) is 0.893.